The molecule has 0 unspecified atom stereocenters. The summed E-state index contributed by atoms with van der Waals surface area (Å²) in [5, 5.41) is 9.73. The Hall–Kier alpha value is -7.68. The molecule has 2 heterocycles. The minimum Gasteiger partial charge on any atom is -0.455 e. The second-order valence-corrected chi connectivity index (χ2v) is 15.2. The van der Waals surface area contributed by atoms with Crippen LogP contribution < -0.4 is 0 Å². The Kier molecular flexibility index (Phi) is 7.26. The molecule has 0 saturated carbocycles. The van der Waals surface area contributed by atoms with E-state index in [1.54, 1.807) is 0 Å². The maximum Gasteiger partial charge on any atom is 0.143 e. The molecule has 0 aliphatic rings. The van der Waals surface area contributed by atoms with Crippen molar-refractivity contribution >= 4 is 65.3 Å². The standard InChI is InChI=1S/C56H35NO/c1-3-15-36(16-4-1)54-45-23-7-8-24-46(45)55(37-17-5-2-6-18-37)50-34-39(29-31-47(50)54)38-19-13-20-41(33-38)57-51-27-11-9-21-43(51)49-35-40(30-32-52(49)57)42-25-14-26-48-44-22-10-12-28-53(44)58-56(42)48/h1-35H. The average Bonchev–Trinajstić information content (AvgIpc) is 3.84. The van der Waals surface area contributed by atoms with Crippen LogP contribution in [0.3, 0.4) is 0 Å². The van der Waals surface area contributed by atoms with Crippen molar-refractivity contribution in [2.24, 2.45) is 0 Å². The molecule has 2 nitrogen and oxygen atoms in total. The summed E-state index contributed by atoms with van der Waals surface area (Å²) in [4.78, 5) is 0. The molecule has 12 rings (SSSR count). The molecule has 2 heteroatoms. The van der Waals surface area contributed by atoms with Gasteiger partial charge >= 0.3 is 0 Å². The highest BCUT2D eigenvalue weighted by Gasteiger charge is 2.19. The molecule has 0 fully saturated rings. The molecule has 10 aromatic carbocycles. The van der Waals surface area contributed by atoms with Crippen molar-refractivity contribution in [1.29, 1.82) is 0 Å². The van der Waals surface area contributed by atoms with E-state index < -0.39 is 0 Å². The van der Waals surface area contributed by atoms with E-state index >= 15 is 0 Å². The van der Waals surface area contributed by atoms with Crippen molar-refractivity contribution in [3.8, 4) is 50.2 Å². The summed E-state index contributed by atoms with van der Waals surface area (Å²) in [6.07, 6.45) is 0. The highest BCUT2D eigenvalue weighted by Crippen LogP contribution is 2.45. The maximum absolute atomic E-state index is 6.47. The van der Waals surface area contributed by atoms with E-state index in [2.05, 4.69) is 205 Å². The Labute approximate surface area is 335 Å². The van der Waals surface area contributed by atoms with Crippen LogP contribution in [0.4, 0.5) is 0 Å². The number of aromatic nitrogens is 1. The summed E-state index contributed by atoms with van der Waals surface area (Å²) in [5.41, 5.74) is 14.9. The molecule has 58 heavy (non-hydrogen) atoms. The number of hydrogen-bond donors (Lipinski definition) is 0. The minimum atomic E-state index is 0.912. The van der Waals surface area contributed by atoms with Gasteiger partial charge in [-0.15, -0.1) is 0 Å². The Balaban J connectivity index is 1.05. The van der Waals surface area contributed by atoms with Crippen LogP contribution in [0.1, 0.15) is 0 Å². The Morgan fingerprint density at radius 3 is 1.60 bits per heavy atom. The van der Waals surface area contributed by atoms with Crippen LogP contribution in [0.5, 0.6) is 0 Å². The molecular formula is C56H35NO. The lowest BCUT2D eigenvalue weighted by Crippen LogP contribution is -1.95. The number of nitrogens with zero attached hydrogens (tertiary/aromatic N) is 1. The van der Waals surface area contributed by atoms with E-state index in [-0.39, 0.29) is 0 Å². The van der Waals surface area contributed by atoms with Crippen molar-refractivity contribution < 1.29 is 4.42 Å². The van der Waals surface area contributed by atoms with Crippen LogP contribution in [0.25, 0.3) is 115 Å². The number of fused-ring (bicyclic) bond motifs is 8. The molecule has 0 spiro atoms. The highest BCUT2D eigenvalue weighted by molar-refractivity contribution is 6.22. The van der Waals surface area contributed by atoms with Gasteiger partial charge < -0.3 is 8.98 Å². The average molecular weight is 738 g/mol. The minimum absolute atomic E-state index is 0.912. The van der Waals surface area contributed by atoms with Gasteiger partial charge in [0.25, 0.3) is 0 Å². The van der Waals surface area contributed by atoms with Gasteiger partial charge in [0, 0.05) is 32.8 Å². The third kappa shape index (κ3) is 4.99. The van der Waals surface area contributed by atoms with Gasteiger partial charge in [-0.05, 0) is 103 Å². The first-order valence-corrected chi connectivity index (χ1v) is 19.9. The number of para-hydroxylation sites is 3. The summed E-state index contributed by atoms with van der Waals surface area (Å²) in [5.74, 6) is 0. The lowest BCUT2D eigenvalue weighted by Gasteiger charge is -2.19. The van der Waals surface area contributed by atoms with E-state index in [0.717, 1.165) is 38.8 Å². The van der Waals surface area contributed by atoms with Crippen molar-refractivity contribution in [3.63, 3.8) is 0 Å². The molecule has 0 N–H and O–H groups in total. The lowest BCUT2D eigenvalue weighted by molar-refractivity contribution is 0.670. The van der Waals surface area contributed by atoms with Crippen molar-refractivity contribution in [2.45, 2.75) is 0 Å². The van der Waals surface area contributed by atoms with Gasteiger partial charge in [-0.1, -0.05) is 170 Å². The number of furan rings is 1. The van der Waals surface area contributed by atoms with E-state index in [9.17, 15) is 0 Å². The van der Waals surface area contributed by atoms with E-state index in [0.29, 0.717) is 0 Å². The lowest BCUT2D eigenvalue weighted by atomic mass is 9.85. The molecule has 0 radical (unpaired) electrons. The quantitative estimate of drug-likeness (QED) is 0.161. The number of hydrogen-bond acceptors (Lipinski definition) is 1. The number of benzene rings is 10. The largest absolute Gasteiger partial charge is 0.455 e. The topological polar surface area (TPSA) is 18.1 Å². The highest BCUT2D eigenvalue weighted by atomic mass is 16.3. The third-order valence-electron chi connectivity index (χ3n) is 12.0. The molecule has 0 bridgehead atoms. The molecule has 2 aromatic heterocycles. The monoisotopic (exact) mass is 737 g/mol. The Bertz CT molecular complexity index is 3550. The van der Waals surface area contributed by atoms with Gasteiger partial charge in [-0.25, -0.2) is 0 Å². The maximum atomic E-state index is 6.47. The smallest absolute Gasteiger partial charge is 0.143 e. The zero-order chi connectivity index (χ0) is 38.2. The molecule has 0 saturated heterocycles. The first kappa shape index (κ1) is 32.6. The predicted molar refractivity (Wildman–Crippen MR) is 245 cm³/mol. The SMILES string of the molecule is c1ccc(-c2c3ccccc3c(-c3ccccc3)c3cc(-c4cccc(-n5c6ccccc6c6cc(-c7cccc8c7oc7ccccc78)ccc65)c4)ccc23)cc1. The molecule has 0 aliphatic carbocycles. The van der Waals surface area contributed by atoms with Gasteiger partial charge in [0.05, 0.1) is 11.0 Å². The van der Waals surface area contributed by atoms with Crippen LogP contribution in [0.2, 0.25) is 0 Å². The van der Waals surface area contributed by atoms with Crippen molar-refractivity contribution in [3.05, 3.63) is 212 Å². The molecule has 0 amide bonds. The van der Waals surface area contributed by atoms with E-state index in [4.69, 9.17) is 4.42 Å². The fraction of sp³-hybridized carbons (Fsp3) is 0. The van der Waals surface area contributed by atoms with Crippen LogP contribution in [-0.4, -0.2) is 4.57 Å². The summed E-state index contributed by atoms with van der Waals surface area (Å²) in [6, 6.07) is 77.0. The second kappa shape index (κ2) is 12.9. The molecule has 0 aliphatic heterocycles. The first-order chi connectivity index (χ1) is 28.8. The van der Waals surface area contributed by atoms with Crippen molar-refractivity contribution in [1.82, 2.24) is 4.57 Å². The first-order valence-electron chi connectivity index (χ1n) is 19.9. The summed E-state index contributed by atoms with van der Waals surface area (Å²) in [6.45, 7) is 0. The molecular weight excluding hydrogens is 703 g/mol. The summed E-state index contributed by atoms with van der Waals surface area (Å²) < 4.78 is 8.89. The normalized spacial score (nSPS) is 11.8. The van der Waals surface area contributed by atoms with Crippen molar-refractivity contribution in [2.75, 3.05) is 0 Å². The van der Waals surface area contributed by atoms with Crippen LogP contribution in [0.15, 0.2) is 217 Å². The fourth-order valence-electron chi connectivity index (χ4n) is 9.41. The van der Waals surface area contributed by atoms with Gasteiger partial charge in [0.2, 0.25) is 0 Å². The van der Waals surface area contributed by atoms with Crippen LogP contribution in [0, 0.1) is 0 Å². The zero-order valence-electron chi connectivity index (χ0n) is 31.6. The van der Waals surface area contributed by atoms with Gasteiger partial charge in [0.1, 0.15) is 11.2 Å². The van der Waals surface area contributed by atoms with Crippen LogP contribution >= 0.6 is 0 Å². The predicted octanol–water partition coefficient (Wildman–Crippen LogP) is 15.7. The third-order valence-corrected chi connectivity index (χ3v) is 12.0. The van der Waals surface area contributed by atoms with Gasteiger partial charge in [-0.3, -0.25) is 0 Å². The zero-order valence-corrected chi connectivity index (χ0v) is 31.6. The van der Waals surface area contributed by atoms with Gasteiger partial charge in [-0.2, -0.15) is 0 Å². The number of rotatable bonds is 5. The van der Waals surface area contributed by atoms with E-state index in [1.807, 2.05) is 12.1 Å². The second-order valence-electron chi connectivity index (χ2n) is 15.2. The Morgan fingerprint density at radius 1 is 0.293 bits per heavy atom. The molecule has 270 valence electrons. The Morgan fingerprint density at radius 2 is 0.828 bits per heavy atom. The van der Waals surface area contributed by atoms with Gasteiger partial charge in [0.15, 0.2) is 0 Å². The summed E-state index contributed by atoms with van der Waals surface area (Å²) in [7, 11) is 0. The fourth-order valence-corrected chi connectivity index (χ4v) is 9.41. The summed E-state index contributed by atoms with van der Waals surface area (Å²) >= 11 is 0. The van der Waals surface area contributed by atoms with E-state index in [1.165, 1.54) is 76.7 Å². The molecule has 0 atom stereocenters. The molecule has 12 aromatic rings. The van der Waals surface area contributed by atoms with Crippen LogP contribution in [-0.2, 0) is 0 Å².